The van der Waals surface area contributed by atoms with Gasteiger partial charge in [-0.05, 0) is 114 Å². The van der Waals surface area contributed by atoms with E-state index in [0.29, 0.717) is 6.54 Å². The van der Waals surface area contributed by atoms with Crippen molar-refractivity contribution in [2.24, 2.45) is 5.73 Å². The fourth-order valence-electron chi connectivity index (χ4n) is 6.56. The molecule has 0 fully saturated rings. The van der Waals surface area contributed by atoms with Gasteiger partial charge >= 0.3 is 0 Å². The highest BCUT2D eigenvalue weighted by Crippen LogP contribution is 2.50. The van der Waals surface area contributed by atoms with Crippen molar-refractivity contribution in [2.75, 3.05) is 6.54 Å². The van der Waals surface area contributed by atoms with Gasteiger partial charge in [-0.1, -0.05) is 78.9 Å². The summed E-state index contributed by atoms with van der Waals surface area (Å²) in [6, 6.07) is 37.9. The number of rotatable bonds is 4. The van der Waals surface area contributed by atoms with Crippen molar-refractivity contribution >= 4 is 43.1 Å². The highest BCUT2D eigenvalue weighted by Gasteiger charge is 2.23. The Morgan fingerprint density at radius 3 is 1.95 bits per heavy atom. The minimum Gasteiger partial charge on any atom is -0.327 e. The quantitative estimate of drug-likeness (QED) is 0.194. The van der Waals surface area contributed by atoms with Gasteiger partial charge in [-0.2, -0.15) is 0 Å². The number of allylic oxidation sites excluding steroid dienone is 1. The Morgan fingerprint density at radius 2 is 1.21 bits per heavy atom. The summed E-state index contributed by atoms with van der Waals surface area (Å²) in [6.07, 6.45) is 6.98. The third-order valence-corrected chi connectivity index (χ3v) is 8.27. The molecule has 7 aromatic rings. The number of nitrogens with zero attached hydrogens (tertiary/aromatic N) is 1. The van der Waals surface area contributed by atoms with Gasteiger partial charge in [0.25, 0.3) is 0 Å². The van der Waals surface area contributed by atoms with Crippen LogP contribution in [0, 0.1) is 0 Å². The summed E-state index contributed by atoms with van der Waals surface area (Å²) < 4.78 is 0. The number of hydrogen-bond acceptors (Lipinski definition) is 2. The van der Waals surface area contributed by atoms with Crippen molar-refractivity contribution in [1.82, 2.24) is 4.98 Å². The van der Waals surface area contributed by atoms with Gasteiger partial charge in [0.05, 0.1) is 5.69 Å². The Balaban J connectivity index is 1.53. The molecule has 0 spiro atoms. The van der Waals surface area contributed by atoms with E-state index in [2.05, 4.69) is 109 Å². The lowest BCUT2D eigenvalue weighted by Gasteiger charge is -2.16. The van der Waals surface area contributed by atoms with Crippen LogP contribution in [0.1, 0.15) is 5.56 Å². The molecule has 8 rings (SSSR count). The molecular formula is C37H26N2. The van der Waals surface area contributed by atoms with Crippen LogP contribution < -0.4 is 5.73 Å². The van der Waals surface area contributed by atoms with Crippen LogP contribution in [-0.2, 0) is 6.42 Å². The lowest BCUT2D eigenvalue weighted by atomic mass is 9.87. The molecule has 0 atom stereocenters. The molecule has 0 bridgehead atoms. The largest absolute Gasteiger partial charge is 0.327 e. The van der Waals surface area contributed by atoms with E-state index in [1.807, 2.05) is 12.3 Å². The van der Waals surface area contributed by atoms with E-state index in [1.54, 1.807) is 0 Å². The van der Waals surface area contributed by atoms with Crippen molar-refractivity contribution in [3.05, 3.63) is 127 Å². The molecule has 2 N–H and O–H groups in total. The lowest BCUT2D eigenvalue weighted by Crippen LogP contribution is -1.94. The van der Waals surface area contributed by atoms with E-state index in [4.69, 9.17) is 10.7 Å². The van der Waals surface area contributed by atoms with Crippen LogP contribution in [0.25, 0.3) is 76.6 Å². The zero-order chi connectivity index (χ0) is 25.9. The van der Waals surface area contributed by atoms with Gasteiger partial charge in [-0.15, -0.1) is 0 Å². The summed E-state index contributed by atoms with van der Waals surface area (Å²) in [6.45, 7) is 0.550. The lowest BCUT2D eigenvalue weighted by molar-refractivity contribution is 1.21. The van der Waals surface area contributed by atoms with Gasteiger partial charge in [0.1, 0.15) is 0 Å². The van der Waals surface area contributed by atoms with Gasteiger partial charge in [-0.3, -0.25) is 4.98 Å². The molecule has 0 saturated heterocycles. The maximum absolute atomic E-state index is 5.81. The number of nitrogens with two attached hydrogens (primary N) is 1. The number of hydrogen-bond donors (Lipinski definition) is 1. The second-order valence-corrected chi connectivity index (χ2v) is 10.4. The molecule has 39 heavy (non-hydrogen) atoms. The molecule has 6 aromatic carbocycles. The fraction of sp³-hybridized carbons (Fsp3) is 0.0541. The first-order valence-corrected chi connectivity index (χ1v) is 13.6. The van der Waals surface area contributed by atoms with E-state index in [0.717, 1.165) is 12.1 Å². The molecular weight excluding hydrogens is 472 g/mol. The van der Waals surface area contributed by atoms with E-state index in [1.165, 1.54) is 76.5 Å². The number of aromatic nitrogens is 1. The molecule has 0 aliphatic heterocycles. The maximum Gasteiger partial charge on any atom is 0.0708 e. The van der Waals surface area contributed by atoms with Gasteiger partial charge in [0.2, 0.25) is 0 Å². The molecule has 0 saturated carbocycles. The molecule has 1 aliphatic carbocycles. The monoisotopic (exact) mass is 498 g/mol. The summed E-state index contributed by atoms with van der Waals surface area (Å²) in [5.74, 6) is 0. The van der Waals surface area contributed by atoms with Crippen LogP contribution >= 0.6 is 0 Å². The van der Waals surface area contributed by atoms with Crippen molar-refractivity contribution in [3.8, 4) is 33.5 Å². The zero-order valence-corrected chi connectivity index (χ0v) is 21.5. The number of benzene rings is 6. The third-order valence-electron chi connectivity index (χ3n) is 8.27. The van der Waals surface area contributed by atoms with Gasteiger partial charge in [0.15, 0.2) is 0 Å². The topological polar surface area (TPSA) is 38.9 Å². The molecule has 2 nitrogen and oxygen atoms in total. The smallest absolute Gasteiger partial charge is 0.0708 e. The van der Waals surface area contributed by atoms with Gasteiger partial charge < -0.3 is 5.73 Å². The minimum atomic E-state index is 0.550. The maximum atomic E-state index is 5.81. The molecule has 2 heteroatoms. The van der Waals surface area contributed by atoms with Crippen molar-refractivity contribution in [2.45, 2.75) is 6.42 Å². The number of pyridine rings is 1. The van der Waals surface area contributed by atoms with Gasteiger partial charge in [-0.25, -0.2) is 0 Å². The van der Waals surface area contributed by atoms with E-state index >= 15 is 0 Å². The summed E-state index contributed by atoms with van der Waals surface area (Å²) in [7, 11) is 0. The average Bonchev–Trinajstić information content (AvgIpc) is 3.31. The van der Waals surface area contributed by atoms with Crippen LogP contribution in [0.2, 0.25) is 0 Å². The summed E-state index contributed by atoms with van der Waals surface area (Å²) >= 11 is 0. The highest BCUT2D eigenvalue weighted by atomic mass is 14.7. The minimum absolute atomic E-state index is 0.550. The fourth-order valence-corrected chi connectivity index (χ4v) is 6.56. The Bertz CT molecular complexity index is 2120. The molecule has 0 amide bonds. The van der Waals surface area contributed by atoms with Crippen molar-refractivity contribution < 1.29 is 0 Å². The van der Waals surface area contributed by atoms with Crippen molar-refractivity contribution in [1.29, 1.82) is 0 Å². The van der Waals surface area contributed by atoms with Crippen LogP contribution in [0.4, 0.5) is 0 Å². The molecule has 1 heterocycles. The first kappa shape index (κ1) is 22.2. The standard InChI is InChI=1S/C37H26N2/c38-17-5-3-9-24-19-30-25-12-1-2-13-26(25)35(36-16-4-6-18-39-36)22-34(30)33-21-32-28-15-8-11-23-10-7-14-27(37(23)28)31(32)20-29(24)33/h1-8,10-16,18-22H,9,17,38H2/b5-3-. The van der Waals surface area contributed by atoms with E-state index < -0.39 is 0 Å². The molecule has 0 unspecified atom stereocenters. The Labute approximate surface area is 227 Å². The van der Waals surface area contributed by atoms with E-state index in [-0.39, 0.29) is 0 Å². The SMILES string of the molecule is NC/C=C\Cc1cc2c3ccccc3c(-c3ccccn3)cc2c2cc3c(cc12)-c1cccc2cccc-3c12. The van der Waals surface area contributed by atoms with Crippen LogP contribution in [0.3, 0.4) is 0 Å². The van der Waals surface area contributed by atoms with Crippen LogP contribution in [0.5, 0.6) is 0 Å². The normalized spacial score (nSPS) is 12.3. The Kier molecular flexibility index (Phi) is 4.91. The molecule has 184 valence electrons. The Morgan fingerprint density at radius 1 is 0.538 bits per heavy atom. The van der Waals surface area contributed by atoms with Gasteiger partial charge in [0, 0.05) is 18.3 Å². The predicted molar refractivity (Wildman–Crippen MR) is 166 cm³/mol. The average molecular weight is 499 g/mol. The number of fused-ring (bicyclic) bond motifs is 8. The van der Waals surface area contributed by atoms with Crippen LogP contribution in [-0.4, -0.2) is 11.5 Å². The van der Waals surface area contributed by atoms with Crippen LogP contribution in [0.15, 0.2) is 121 Å². The van der Waals surface area contributed by atoms with Crippen molar-refractivity contribution in [3.63, 3.8) is 0 Å². The summed E-state index contributed by atoms with van der Waals surface area (Å²) in [5, 5.41) is 10.3. The second-order valence-electron chi connectivity index (χ2n) is 10.4. The summed E-state index contributed by atoms with van der Waals surface area (Å²) in [5.41, 5.74) is 14.6. The highest BCUT2D eigenvalue weighted by molar-refractivity contribution is 6.24. The molecule has 0 radical (unpaired) electrons. The summed E-state index contributed by atoms with van der Waals surface area (Å²) in [4.78, 5) is 4.74. The Hall–Kier alpha value is -4.79. The molecule has 1 aromatic heterocycles. The first-order chi connectivity index (χ1) is 19.3. The van der Waals surface area contributed by atoms with E-state index in [9.17, 15) is 0 Å². The second kappa shape index (κ2) is 8.62. The predicted octanol–water partition coefficient (Wildman–Crippen LogP) is 9.07. The first-order valence-electron chi connectivity index (χ1n) is 13.6. The third kappa shape index (κ3) is 3.29. The molecule has 1 aliphatic rings. The zero-order valence-electron chi connectivity index (χ0n) is 21.5.